The minimum absolute atomic E-state index is 0.0475. The Labute approximate surface area is 182 Å². The van der Waals surface area contributed by atoms with Crippen LogP contribution in [0.4, 0.5) is 5.69 Å². The molecule has 0 spiro atoms. The van der Waals surface area contributed by atoms with Crippen LogP contribution in [-0.2, 0) is 11.3 Å². The summed E-state index contributed by atoms with van der Waals surface area (Å²) in [5, 5.41) is 4.32. The number of H-pyrrole nitrogens is 1. The molecule has 5 heteroatoms. The number of hydrogen-bond acceptors (Lipinski definition) is 3. The Morgan fingerprint density at radius 1 is 1.06 bits per heavy atom. The molecule has 0 radical (unpaired) electrons. The van der Waals surface area contributed by atoms with Crippen molar-refractivity contribution in [2.24, 2.45) is 5.92 Å². The number of aromatic amines is 1. The first-order chi connectivity index (χ1) is 15.1. The van der Waals surface area contributed by atoms with E-state index >= 15 is 0 Å². The molecule has 2 aromatic carbocycles. The fourth-order valence-corrected chi connectivity index (χ4v) is 4.38. The van der Waals surface area contributed by atoms with Gasteiger partial charge < -0.3 is 14.7 Å². The zero-order valence-corrected chi connectivity index (χ0v) is 17.7. The molecule has 31 heavy (non-hydrogen) atoms. The van der Waals surface area contributed by atoms with Gasteiger partial charge in [-0.15, -0.1) is 0 Å². The first kappa shape index (κ1) is 19.6. The number of benzene rings is 2. The first-order valence-corrected chi connectivity index (χ1v) is 10.9. The lowest BCUT2D eigenvalue weighted by molar-refractivity contribution is -0.121. The van der Waals surface area contributed by atoms with Gasteiger partial charge in [-0.05, 0) is 69.3 Å². The van der Waals surface area contributed by atoms with Gasteiger partial charge in [-0.3, -0.25) is 9.69 Å². The van der Waals surface area contributed by atoms with Crippen molar-refractivity contribution in [2.45, 2.75) is 26.3 Å². The molecule has 0 atom stereocenters. The highest BCUT2D eigenvalue weighted by Crippen LogP contribution is 2.27. The quantitative estimate of drug-likeness (QED) is 0.448. The second kappa shape index (κ2) is 8.44. The number of carbonyl (C=O) groups is 1. The van der Waals surface area contributed by atoms with Crippen LogP contribution in [0.5, 0.6) is 0 Å². The second-order valence-electron chi connectivity index (χ2n) is 8.40. The van der Waals surface area contributed by atoms with E-state index < -0.39 is 0 Å². The molecule has 5 nitrogen and oxygen atoms in total. The summed E-state index contributed by atoms with van der Waals surface area (Å²) < 4.78 is 5.68. The molecule has 0 unspecified atom stereocenters. The van der Waals surface area contributed by atoms with Crippen LogP contribution in [0.3, 0.4) is 0 Å². The number of fused-ring (bicyclic) bond motifs is 1. The van der Waals surface area contributed by atoms with Gasteiger partial charge in [0.25, 0.3) is 0 Å². The van der Waals surface area contributed by atoms with Crippen molar-refractivity contribution in [2.75, 3.05) is 18.4 Å². The standard InChI is InChI=1S/C26H27N3O2/c1-18-9-10-23(31-18)17-29-13-11-19(12-14-29)26(30)27-22-7-4-6-20(15-22)25-16-21-5-2-3-8-24(21)28-25/h2-10,15-16,19,28H,11-14,17H2,1H3,(H,27,30). The van der Waals surface area contributed by atoms with Crippen LogP contribution in [0.2, 0.25) is 0 Å². The van der Waals surface area contributed by atoms with Crippen LogP contribution in [0.15, 0.2) is 71.1 Å². The molecule has 2 N–H and O–H groups in total. The van der Waals surface area contributed by atoms with E-state index in [9.17, 15) is 4.79 Å². The van der Waals surface area contributed by atoms with Crippen molar-refractivity contribution in [1.29, 1.82) is 0 Å². The molecule has 0 aliphatic carbocycles. The average molecular weight is 414 g/mol. The number of carbonyl (C=O) groups excluding carboxylic acids is 1. The summed E-state index contributed by atoms with van der Waals surface area (Å²) in [5.74, 6) is 2.10. The maximum absolute atomic E-state index is 12.9. The average Bonchev–Trinajstić information content (AvgIpc) is 3.40. The number of anilines is 1. The number of nitrogens with one attached hydrogen (secondary N) is 2. The Balaban J connectivity index is 1.20. The van der Waals surface area contributed by atoms with Crippen molar-refractivity contribution in [1.82, 2.24) is 9.88 Å². The highest BCUT2D eigenvalue weighted by atomic mass is 16.3. The van der Waals surface area contributed by atoms with Crippen molar-refractivity contribution in [3.63, 3.8) is 0 Å². The molecule has 5 rings (SSSR count). The van der Waals surface area contributed by atoms with Crippen LogP contribution in [0.1, 0.15) is 24.4 Å². The highest BCUT2D eigenvalue weighted by molar-refractivity contribution is 5.93. The summed E-state index contributed by atoms with van der Waals surface area (Å²) in [6.07, 6.45) is 1.74. The smallest absolute Gasteiger partial charge is 0.227 e. The van der Waals surface area contributed by atoms with E-state index in [0.717, 1.165) is 66.5 Å². The van der Waals surface area contributed by atoms with Crippen LogP contribution >= 0.6 is 0 Å². The molecule has 2 aromatic heterocycles. The molecule has 1 aliphatic heterocycles. The zero-order valence-electron chi connectivity index (χ0n) is 17.7. The van der Waals surface area contributed by atoms with Crippen molar-refractivity contribution in [3.8, 4) is 11.3 Å². The van der Waals surface area contributed by atoms with Gasteiger partial charge in [0.05, 0.1) is 6.54 Å². The predicted molar refractivity (Wildman–Crippen MR) is 124 cm³/mol. The number of amides is 1. The Kier molecular flexibility index (Phi) is 5.35. The van der Waals surface area contributed by atoms with E-state index in [-0.39, 0.29) is 11.8 Å². The largest absolute Gasteiger partial charge is 0.465 e. The zero-order chi connectivity index (χ0) is 21.2. The van der Waals surface area contributed by atoms with Gasteiger partial charge in [0, 0.05) is 33.8 Å². The second-order valence-corrected chi connectivity index (χ2v) is 8.40. The summed E-state index contributed by atoms with van der Waals surface area (Å²) in [6, 6.07) is 22.5. The van der Waals surface area contributed by atoms with Crippen molar-refractivity contribution >= 4 is 22.5 Å². The molecule has 1 fully saturated rings. The lowest BCUT2D eigenvalue weighted by atomic mass is 9.95. The fourth-order valence-electron chi connectivity index (χ4n) is 4.38. The van der Waals surface area contributed by atoms with E-state index in [1.165, 1.54) is 5.39 Å². The lowest BCUT2D eigenvalue weighted by Gasteiger charge is -2.30. The van der Waals surface area contributed by atoms with Crippen LogP contribution in [0, 0.1) is 12.8 Å². The number of likely N-dealkylation sites (tertiary alicyclic amines) is 1. The molecular weight excluding hydrogens is 386 g/mol. The Bertz CT molecular complexity index is 1170. The predicted octanol–water partition coefficient (Wildman–Crippen LogP) is 5.59. The maximum atomic E-state index is 12.9. The Morgan fingerprint density at radius 3 is 2.68 bits per heavy atom. The molecule has 3 heterocycles. The summed E-state index contributed by atoms with van der Waals surface area (Å²) >= 11 is 0. The van der Waals surface area contributed by atoms with Gasteiger partial charge in [0.1, 0.15) is 11.5 Å². The van der Waals surface area contributed by atoms with Crippen LogP contribution < -0.4 is 5.32 Å². The van der Waals surface area contributed by atoms with E-state index in [1.807, 2.05) is 49.4 Å². The van der Waals surface area contributed by atoms with Gasteiger partial charge in [-0.2, -0.15) is 0 Å². The van der Waals surface area contributed by atoms with Gasteiger partial charge >= 0.3 is 0 Å². The van der Waals surface area contributed by atoms with Gasteiger partial charge in [0.2, 0.25) is 5.91 Å². The normalized spacial score (nSPS) is 15.4. The number of piperidine rings is 1. The summed E-state index contributed by atoms with van der Waals surface area (Å²) in [7, 11) is 0. The van der Waals surface area contributed by atoms with Crippen LogP contribution in [-0.4, -0.2) is 28.9 Å². The topological polar surface area (TPSA) is 61.3 Å². The molecule has 0 bridgehead atoms. The number of rotatable bonds is 5. The number of para-hydroxylation sites is 1. The minimum Gasteiger partial charge on any atom is -0.465 e. The lowest BCUT2D eigenvalue weighted by Crippen LogP contribution is -2.37. The SMILES string of the molecule is Cc1ccc(CN2CCC(C(=O)Nc3cccc(-c4cc5ccccc5[nH]4)c3)CC2)o1. The summed E-state index contributed by atoms with van der Waals surface area (Å²) in [4.78, 5) is 18.7. The van der Waals surface area contributed by atoms with Gasteiger partial charge in [-0.1, -0.05) is 30.3 Å². The third-order valence-electron chi connectivity index (χ3n) is 6.10. The number of nitrogens with zero attached hydrogens (tertiary/aromatic N) is 1. The summed E-state index contributed by atoms with van der Waals surface area (Å²) in [5.41, 5.74) is 4.08. The minimum atomic E-state index is 0.0475. The van der Waals surface area contributed by atoms with Crippen molar-refractivity contribution in [3.05, 3.63) is 78.3 Å². The van der Waals surface area contributed by atoms with Crippen LogP contribution in [0.25, 0.3) is 22.2 Å². The number of hydrogen-bond donors (Lipinski definition) is 2. The van der Waals surface area contributed by atoms with Gasteiger partial charge in [0.15, 0.2) is 0 Å². The molecule has 0 saturated carbocycles. The highest BCUT2D eigenvalue weighted by Gasteiger charge is 2.25. The van der Waals surface area contributed by atoms with E-state index in [0.29, 0.717) is 0 Å². The van der Waals surface area contributed by atoms with Gasteiger partial charge in [-0.25, -0.2) is 0 Å². The van der Waals surface area contributed by atoms with Crippen molar-refractivity contribution < 1.29 is 9.21 Å². The number of aryl methyl sites for hydroxylation is 1. The summed E-state index contributed by atoms with van der Waals surface area (Å²) in [6.45, 7) is 4.60. The number of furan rings is 1. The maximum Gasteiger partial charge on any atom is 0.227 e. The fraction of sp³-hybridized carbons (Fsp3) is 0.269. The molecular formula is C26H27N3O2. The first-order valence-electron chi connectivity index (χ1n) is 10.9. The molecule has 1 amide bonds. The number of aromatic nitrogens is 1. The monoisotopic (exact) mass is 413 g/mol. The van der Waals surface area contributed by atoms with E-state index in [2.05, 4.69) is 39.5 Å². The third kappa shape index (κ3) is 4.42. The molecule has 1 saturated heterocycles. The van der Waals surface area contributed by atoms with E-state index in [1.54, 1.807) is 0 Å². The molecule has 158 valence electrons. The Morgan fingerprint density at radius 2 is 1.90 bits per heavy atom. The molecule has 4 aromatic rings. The van der Waals surface area contributed by atoms with E-state index in [4.69, 9.17) is 4.42 Å². The third-order valence-corrected chi connectivity index (χ3v) is 6.10. The Hall–Kier alpha value is -3.31. The molecule has 1 aliphatic rings.